The maximum absolute atomic E-state index is 12.1. The van der Waals surface area contributed by atoms with Crippen molar-refractivity contribution in [2.45, 2.75) is 6.42 Å². The molecule has 0 spiro atoms. The normalized spacial score (nSPS) is 10.5. The molecule has 0 saturated carbocycles. The molecule has 0 aliphatic rings. The van der Waals surface area contributed by atoms with Crippen LogP contribution in [0.15, 0.2) is 46.4 Å². The number of aromatic nitrogens is 1. The van der Waals surface area contributed by atoms with Gasteiger partial charge in [-0.3, -0.25) is 14.9 Å². The predicted molar refractivity (Wildman–Crippen MR) is 97.6 cm³/mol. The molecule has 3 aromatic rings. The third kappa shape index (κ3) is 4.60. The number of carbonyl (C=O) groups excluding carboxylic acids is 2. The molecule has 3 rings (SSSR count). The van der Waals surface area contributed by atoms with Crippen LogP contribution in [0.1, 0.15) is 16.2 Å². The first-order chi connectivity index (χ1) is 12.0. The van der Waals surface area contributed by atoms with Gasteiger partial charge in [0.15, 0.2) is 10.9 Å². The van der Waals surface area contributed by atoms with E-state index >= 15 is 0 Å². The second-order valence-electron chi connectivity index (χ2n) is 4.92. The SMILES string of the molecule is O=C(Cc1csc(NC(=O)c2ccco2)n1)Nc1ccc(Cl)cc1Cl. The molecule has 1 aromatic carbocycles. The molecule has 0 saturated heterocycles. The maximum atomic E-state index is 12.1. The van der Waals surface area contributed by atoms with E-state index < -0.39 is 5.91 Å². The Hall–Kier alpha value is -2.35. The van der Waals surface area contributed by atoms with E-state index in [-0.39, 0.29) is 18.1 Å². The first-order valence-corrected chi connectivity index (χ1v) is 8.69. The molecule has 0 fully saturated rings. The van der Waals surface area contributed by atoms with Crippen molar-refractivity contribution in [3.05, 3.63) is 63.5 Å². The summed E-state index contributed by atoms with van der Waals surface area (Å²) in [6.07, 6.45) is 1.46. The van der Waals surface area contributed by atoms with Crippen LogP contribution in [-0.4, -0.2) is 16.8 Å². The zero-order valence-electron chi connectivity index (χ0n) is 12.6. The second-order valence-corrected chi connectivity index (χ2v) is 6.63. The lowest BCUT2D eigenvalue weighted by molar-refractivity contribution is -0.115. The summed E-state index contributed by atoms with van der Waals surface area (Å²) in [7, 11) is 0. The van der Waals surface area contributed by atoms with Crippen molar-refractivity contribution in [3.8, 4) is 0 Å². The first kappa shape index (κ1) is 17.5. The number of furan rings is 1. The average Bonchev–Trinajstić information content (AvgIpc) is 3.22. The number of halogens is 2. The van der Waals surface area contributed by atoms with Crippen LogP contribution in [0.25, 0.3) is 0 Å². The van der Waals surface area contributed by atoms with Crippen molar-refractivity contribution >= 4 is 57.2 Å². The Morgan fingerprint density at radius 3 is 2.76 bits per heavy atom. The molecular formula is C16H11Cl2N3O3S. The minimum absolute atomic E-state index is 0.0477. The highest BCUT2D eigenvalue weighted by Gasteiger charge is 2.13. The third-order valence-electron chi connectivity index (χ3n) is 3.06. The fourth-order valence-electron chi connectivity index (χ4n) is 1.96. The van der Waals surface area contributed by atoms with Crippen molar-refractivity contribution in [1.82, 2.24) is 4.98 Å². The van der Waals surface area contributed by atoms with Gasteiger partial charge >= 0.3 is 0 Å². The molecular weight excluding hydrogens is 385 g/mol. The highest BCUT2D eigenvalue weighted by Crippen LogP contribution is 2.25. The van der Waals surface area contributed by atoms with Gasteiger partial charge in [0, 0.05) is 10.4 Å². The second kappa shape index (κ2) is 7.69. The van der Waals surface area contributed by atoms with Gasteiger partial charge in [-0.2, -0.15) is 0 Å². The van der Waals surface area contributed by atoms with Crippen molar-refractivity contribution in [2.24, 2.45) is 0 Å². The molecule has 6 nitrogen and oxygen atoms in total. The summed E-state index contributed by atoms with van der Waals surface area (Å²) < 4.78 is 5.00. The molecule has 0 atom stereocenters. The highest BCUT2D eigenvalue weighted by atomic mass is 35.5. The number of hydrogen-bond acceptors (Lipinski definition) is 5. The molecule has 2 amide bonds. The number of carbonyl (C=O) groups is 2. The zero-order valence-corrected chi connectivity index (χ0v) is 14.9. The summed E-state index contributed by atoms with van der Waals surface area (Å²) in [5.41, 5.74) is 1.000. The lowest BCUT2D eigenvalue weighted by Crippen LogP contribution is -2.15. The van der Waals surface area contributed by atoms with Crippen LogP contribution in [0, 0.1) is 0 Å². The van der Waals surface area contributed by atoms with Crippen LogP contribution < -0.4 is 10.6 Å². The Morgan fingerprint density at radius 1 is 1.20 bits per heavy atom. The summed E-state index contributed by atoms with van der Waals surface area (Å²) in [4.78, 5) is 28.2. The summed E-state index contributed by atoms with van der Waals surface area (Å²) in [5.74, 6) is -0.492. The number of anilines is 2. The zero-order chi connectivity index (χ0) is 17.8. The number of benzene rings is 1. The van der Waals surface area contributed by atoms with Crippen LogP contribution in [0.2, 0.25) is 10.0 Å². The van der Waals surface area contributed by atoms with Gasteiger partial charge in [-0.25, -0.2) is 4.98 Å². The number of thiazole rings is 1. The molecule has 0 bridgehead atoms. The van der Waals surface area contributed by atoms with E-state index in [2.05, 4.69) is 15.6 Å². The van der Waals surface area contributed by atoms with Gasteiger partial charge in [-0.1, -0.05) is 23.2 Å². The van der Waals surface area contributed by atoms with Gasteiger partial charge in [-0.05, 0) is 30.3 Å². The van der Waals surface area contributed by atoms with Gasteiger partial charge in [0.1, 0.15) is 0 Å². The van der Waals surface area contributed by atoms with Gasteiger partial charge in [0.25, 0.3) is 5.91 Å². The van der Waals surface area contributed by atoms with Crippen LogP contribution in [-0.2, 0) is 11.2 Å². The van der Waals surface area contributed by atoms with Crippen LogP contribution in [0.5, 0.6) is 0 Å². The predicted octanol–water partition coefficient (Wildman–Crippen LogP) is 4.48. The van der Waals surface area contributed by atoms with E-state index in [1.54, 1.807) is 35.7 Å². The molecule has 2 aromatic heterocycles. The lowest BCUT2D eigenvalue weighted by atomic mass is 10.3. The van der Waals surface area contributed by atoms with Crippen LogP contribution >= 0.6 is 34.5 Å². The molecule has 0 radical (unpaired) electrons. The summed E-state index contributed by atoms with van der Waals surface area (Å²) in [5, 5.41) is 8.22. The molecule has 9 heteroatoms. The van der Waals surface area contributed by atoms with E-state index in [9.17, 15) is 9.59 Å². The Labute approximate surface area is 156 Å². The molecule has 25 heavy (non-hydrogen) atoms. The molecule has 128 valence electrons. The standard InChI is InChI=1S/C16H11Cl2N3O3S/c17-9-3-4-12(11(18)6-9)20-14(22)7-10-8-25-16(19-10)21-15(23)13-2-1-5-24-13/h1-6,8H,7H2,(H,20,22)(H,19,21,23). The lowest BCUT2D eigenvalue weighted by Gasteiger charge is -2.06. The Morgan fingerprint density at radius 2 is 2.04 bits per heavy atom. The number of hydrogen-bond donors (Lipinski definition) is 2. The van der Waals surface area contributed by atoms with Gasteiger partial charge in [0.05, 0.1) is 29.1 Å². The van der Waals surface area contributed by atoms with Gasteiger partial charge in [0.2, 0.25) is 5.91 Å². The Kier molecular flexibility index (Phi) is 5.37. The Bertz CT molecular complexity index is 909. The Balaban J connectivity index is 1.59. The summed E-state index contributed by atoms with van der Waals surface area (Å²) in [6.45, 7) is 0. The molecule has 2 heterocycles. The third-order valence-corrected chi connectivity index (χ3v) is 4.42. The number of nitrogens with zero attached hydrogens (tertiary/aromatic N) is 1. The average molecular weight is 396 g/mol. The number of amides is 2. The van der Waals surface area contributed by atoms with Gasteiger partial charge in [-0.15, -0.1) is 11.3 Å². The molecule has 0 aliphatic heterocycles. The van der Waals surface area contributed by atoms with Gasteiger partial charge < -0.3 is 9.73 Å². The van der Waals surface area contributed by atoms with E-state index in [1.165, 1.54) is 17.6 Å². The van der Waals surface area contributed by atoms with E-state index in [1.807, 2.05) is 0 Å². The molecule has 0 aliphatic carbocycles. The summed E-state index contributed by atoms with van der Waals surface area (Å²) in [6, 6.07) is 7.97. The number of nitrogens with one attached hydrogen (secondary N) is 2. The minimum atomic E-state index is -0.400. The largest absolute Gasteiger partial charge is 0.459 e. The minimum Gasteiger partial charge on any atom is -0.459 e. The number of rotatable bonds is 5. The first-order valence-electron chi connectivity index (χ1n) is 7.05. The quantitative estimate of drug-likeness (QED) is 0.666. The van der Waals surface area contributed by atoms with Crippen molar-refractivity contribution in [1.29, 1.82) is 0 Å². The van der Waals surface area contributed by atoms with Crippen LogP contribution in [0.4, 0.5) is 10.8 Å². The monoisotopic (exact) mass is 395 g/mol. The van der Waals surface area contributed by atoms with Crippen molar-refractivity contribution < 1.29 is 14.0 Å². The molecule has 2 N–H and O–H groups in total. The van der Waals surface area contributed by atoms with E-state index in [0.717, 1.165) is 0 Å². The fourth-order valence-corrected chi connectivity index (χ4v) is 3.12. The highest BCUT2D eigenvalue weighted by molar-refractivity contribution is 7.14. The fraction of sp³-hybridized carbons (Fsp3) is 0.0625. The van der Waals surface area contributed by atoms with E-state index in [0.29, 0.717) is 26.6 Å². The maximum Gasteiger partial charge on any atom is 0.293 e. The topological polar surface area (TPSA) is 84.2 Å². The van der Waals surface area contributed by atoms with Crippen molar-refractivity contribution in [3.63, 3.8) is 0 Å². The van der Waals surface area contributed by atoms with E-state index in [4.69, 9.17) is 27.6 Å². The smallest absolute Gasteiger partial charge is 0.293 e. The summed E-state index contributed by atoms with van der Waals surface area (Å²) >= 11 is 13.1. The van der Waals surface area contributed by atoms with Crippen molar-refractivity contribution in [2.75, 3.05) is 10.6 Å². The van der Waals surface area contributed by atoms with Crippen LogP contribution in [0.3, 0.4) is 0 Å². The molecule has 0 unspecified atom stereocenters.